The Morgan fingerprint density at radius 1 is 1.00 bits per heavy atom. The Morgan fingerprint density at radius 3 is 2.27 bits per heavy atom. The van der Waals surface area contributed by atoms with Crippen LogP contribution in [0.15, 0.2) is 88.4 Å². The van der Waals surface area contributed by atoms with Gasteiger partial charge in [-0.05, 0) is 42.8 Å². The molecule has 1 atom stereocenters. The second-order valence-electron chi connectivity index (χ2n) is 7.73. The maximum absolute atomic E-state index is 13.6. The number of methoxy groups -OCH3 is 1. The van der Waals surface area contributed by atoms with E-state index in [1.54, 1.807) is 36.4 Å². The highest BCUT2D eigenvalue weighted by Gasteiger charge is 2.47. The van der Waals surface area contributed by atoms with Crippen LogP contribution in [0.1, 0.15) is 22.7 Å². The number of halogens is 1. The number of aryl methyl sites for hydroxylation is 1. The molecule has 1 N–H and O–H groups in total. The minimum absolute atomic E-state index is 0.0259. The third-order valence-electron chi connectivity index (χ3n) is 5.60. The van der Waals surface area contributed by atoms with Gasteiger partial charge in [-0.3, -0.25) is 4.79 Å². The molecule has 0 bridgehead atoms. The van der Waals surface area contributed by atoms with Gasteiger partial charge in [-0.2, -0.15) is 0 Å². The Balaban J connectivity index is 1.86. The molecule has 0 saturated heterocycles. The van der Waals surface area contributed by atoms with Gasteiger partial charge < -0.3 is 14.7 Å². The van der Waals surface area contributed by atoms with Crippen molar-refractivity contribution in [3.63, 3.8) is 0 Å². The number of benzene rings is 3. The number of nitrogens with zero attached hydrogens (tertiary/aromatic N) is 1. The Labute approximate surface area is 191 Å². The van der Waals surface area contributed by atoms with E-state index in [9.17, 15) is 22.7 Å². The van der Waals surface area contributed by atoms with Gasteiger partial charge in [-0.1, -0.05) is 48.0 Å². The molecule has 1 unspecified atom stereocenters. The zero-order valence-electron chi connectivity index (χ0n) is 18.0. The lowest BCUT2D eigenvalue weighted by Gasteiger charge is -2.27. The SMILES string of the molecule is COc1ccccc1CN1C(=O)C(O)=C(S(=O)(=O)c2ccc(C)cc2)C1c1ccc(F)cc1. The molecule has 1 amide bonds. The molecule has 1 heterocycles. The maximum Gasteiger partial charge on any atom is 0.290 e. The van der Waals surface area contributed by atoms with Crippen molar-refractivity contribution in [2.45, 2.75) is 24.4 Å². The number of ether oxygens (including phenoxy) is 1. The van der Waals surface area contributed by atoms with Gasteiger partial charge in [0, 0.05) is 5.56 Å². The van der Waals surface area contributed by atoms with Crippen molar-refractivity contribution in [3.05, 3.63) is 106 Å². The van der Waals surface area contributed by atoms with Crippen molar-refractivity contribution in [2.75, 3.05) is 7.11 Å². The molecule has 0 aromatic heterocycles. The van der Waals surface area contributed by atoms with E-state index in [1.165, 1.54) is 48.4 Å². The van der Waals surface area contributed by atoms with Crippen LogP contribution in [0.5, 0.6) is 5.75 Å². The molecule has 170 valence electrons. The zero-order chi connectivity index (χ0) is 23.8. The number of aliphatic hydroxyl groups excluding tert-OH is 1. The molecular weight excluding hydrogens is 445 g/mol. The fraction of sp³-hybridized carbons (Fsp3) is 0.160. The quantitative estimate of drug-likeness (QED) is 0.578. The summed E-state index contributed by atoms with van der Waals surface area (Å²) in [6.07, 6.45) is 0. The Morgan fingerprint density at radius 2 is 1.64 bits per heavy atom. The van der Waals surface area contributed by atoms with Crippen LogP contribution >= 0.6 is 0 Å². The van der Waals surface area contributed by atoms with Crippen LogP contribution in [0.25, 0.3) is 0 Å². The van der Waals surface area contributed by atoms with E-state index in [0.29, 0.717) is 16.9 Å². The number of aliphatic hydroxyl groups is 1. The third-order valence-corrected chi connectivity index (χ3v) is 7.49. The number of carbonyl (C=O) groups excluding carboxylic acids is 1. The van der Waals surface area contributed by atoms with E-state index in [-0.39, 0.29) is 11.4 Å². The molecule has 3 aromatic carbocycles. The Hall–Kier alpha value is -3.65. The van der Waals surface area contributed by atoms with Crippen LogP contribution in [0.4, 0.5) is 4.39 Å². The van der Waals surface area contributed by atoms with Gasteiger partial charge in [0.15, 0.2) is 5.76 Å². The second kappa shape index (κ2) is 8.71. The summed E-state index contributed by atoms with van der Waals surface area (Å²) in [5.41, 5.74) is 1.85. The largest absolute Gasteiger partial charge is 0.502 e. The number of hydrogen-bond donors (Lipinski definition) is 1. The van der Waals surface area contributed by atoms with Crippen molar-refractivity contribution >= 4 is 15.7 Å². The minimum Gasteiger partial charge on any atom is -0.502 e. The number of rotatable bonds is 6. The predicted molar refractivity (Wildman–Crippen MR) is 121 cm³/mol. The summed E-state index contributed by atoms with van der Waals surface area (Å²) in [7, 11) is -2.75. The first-order chi connectivity index (χ1) is 15.7. The fourth-order valence-electron chi connectivity index (χ4n) is 3.90. The van der Waals surface area contributed by atoms with Crippen molar-refractivity contribution in [1.29, 1.82) is 0 Å². The van der Waals surface area contributed by atoms with E-state index in [1.807, 2.05) is 6.92 Å². The van der Waals surface area contributed by atoms with E-state index in [0.717, 1.165) is 5.56 Å². The Kier molecular flexibility index (Phi) is 5.95. The van der Waals surface area contributed by atoms with Crippen molar-refractivity contribution in [3.8, 4) is 5.75 Å². The third kappa shape index (κ3) is 4.09. The normalized spacial score (nSPS) is 16.4. The molecule has 0 saturated carbocycles. The molecule has 8 heteroatoms. The lowest BCUT2D eigenvalue weighted by Crippen LogP contribution is -2.31. The number of sulfone groups is 1. The molecule has 0 spiro atoms. The summed E-state index contributed by atoms with van der Waals surface area (Å²) in [5, 5.41) is 10.8. The van der Waals surface area contributed by atoms with Gasteiger partial charge in [0.1, 0.15) is 16.5 Å². The highest BCUT2D eigenvalue weighted by atomic mass is 32.2. The van der Waals surface area contributed by atoms with E-state index in [4.69, 9.17) is 4.74 Å². The summed E-state index contributed by atoms with van der Waals surface area (Å²) in [5.74, 6) is -1.67. The Bertz CT molecular complexity index is 1330. The smallest absolute Gasteiger partial charge is 0.290 e. The van der Waals surface area contributed by atoms with Crippen LogP contribution in [0, 0.1) is 12.7 Å². The standard InChI is InChI=1S/C25H22FNO5S/c1-16-7-13-20(14-8-16)33(30,31)24-22(17-9-11-19(26)12-10-17)27(25(29)23(24)28)15-18-5-3-4-6-21(18)32-2/h3-14,22,28H,15H2,1-2H3. The first-order valence-corrected chi connectivity index (χ1v) is 11.7. The van der Waals surface area contributed by atoms with E-state index in [2.05, 4.69) is 0 Å². The summed E-state index contributed by atoms with van der Waals surface area (Å²) < 4.78 is 46.1. The van der Waals surface area contributed by atoms with E-state index >= 15 is 0 Å². The van der Waals surface area contributed by atoms with Crippen LogP contribution < -0.4 is 4.74 Å². The molecule has 3 aromatic rings. The van der Waals surface area contributed by atoms with Crippen LogP contribution in [0.2, 0.25) is 0 Å². The first-order valence-electron chi connectivity index (χ1n) is 10.2. The number of hydrogen-bond acceptors (Lipinski definition) is 5. The summed E-state index contributed by atoms with van der Waals surface area (Å²) in [4.78, 5) is 13.9. The number of carbonyl (C=O) groups is 1. The van der Waals surface area contributed by atoms with Gasteiger partial charge in [0.2, 0.25) is 9.84 Å². The zero-order valence-corrected chi connectivity index (χ0v) is 18.8. The van der Waals surface area contributed by atoms with Crippen molar-refractivity contribution in [2.24, 2.45) is 0 Å². The molecule has 4 rings (SSSR count). The van der Waals surface area contributed by atoms with Crippen LogP contribution in [-0.2, 0) is 21.2 Å². The molecule has 1 aliphatic heterocycles. The molecule has 0 fully saturated rings. The molecule has 0 aliphatic carbocycles. The minimum atomic E-state index is -4.24. The second-order valence-corrected chi connectivity index (χ2v) is 9.65. The molecular formula is C25H22FNO5S. The number of amides is 1. The average Bonchev–Trinajstić information content (AvgIpc) is 3.06. The van der Waals surface area contributed by atoms with Gasteiger partial charge in [0.25, 0.3) is 5.91 Å². The lowest BCUT2D eigenvalue weighted by molar-refractivity contribution is -0.130. The van der Waals surface area contributed by atoms with Gasteiger partial charge >= 0.3 is 0 Å². The average molecular weight is 468 g/mol. The fourth-order valence-corrected chi connectivity index (χ4v) is 5.55. The van der Waals surface area contributed by atoms with Gasteiger partial charge in [-0.15, -0.1) is 0 Å². The van der Waals surface area contributed by atoms with Crippen molar-refractivity contribution in [1.82, 2.24) is 4.90 Å². The van der Waals surface area contributed by atoms with Gasteiger partial charge in [-0.25, -0.2) is 12.8 Å². The lowest BCUT2D eigenvalue weighted by atomic mass is 10.1. The van der Waals surface area contributed by atoms with Gasteiger partial charge in [0.05, 0.1) is 24.6 Å². The van der Waals surface area contributed by atoms with Crippen LogP contribution in [0.3, 0.4) is 0 Å². The first kappa shape index (κ1) is 22.5. The molecule has 0 radical (unpaired) electrons. The highest BCUT2D eigenvalue weighted by molar-refractivity contribution is 7.95. The summed E-state index contributed by atoms with van der Waals surface area (Å²) in [6.45, 7) is 1.80. The molecule has 6 nitrogen and oxygen atoms in total. The maximum atomic E-state index is 13.6. The molecule has 33 heavy (non-hydrogen) atoms. The topological polar surface area (TPSA) is 83.9 Å². The summed E-state index contributed by atoms with van der Waals surface area (Å²) in [6, 6.07) is 17.2. The number of para-hydroxylation sites is 1. The highest BCUT2D eigenvalue weighted by Crippen LogP contribution is 2.43. The van der Waals surface area contributed by atoms with E-state index < -0.39 is 38.3 Å². The molecule has 1 aliphatic rings. The van der Waals surface area contributed by atoms with Crippen LogP contribution in [-0.4, -0.2) is 31.4 Å². The monoisotopic (exact) mass is 467 g/mol. The predicted octanol–water partition coefficient (Wildman–Crippen LogP) is 4.47. The van der Waals surface area contributed by atoms with Crippen molar-refractivity contribution < 1.29 is 27.4 Å². The summed E-state index contributed by atoms with van der Waals surface area (Å²) >= 11 is 0.